The van der Waals surface area contributed by atoms with E-state index in [-0.39, 0.29) is 12.5 Å². The SMILES string of the molecule is CC(=O)OC[C@@H]1O[C@H](SCCOc2cc(C)ccc2C(C)C)[C@H](OC(C)=O)[C@H](OC(C)=O)[C@@H]1OC(C)=O. The maximum atomic E-state index is 11.9. The minimum atomic E-state index is -1.18. The molecule has 1 aliphatic heterocycles. The lowest BCUT2D eigenvalue weighted by molar-refractivity contribution is -0.237. The molecule has 1 fully saturated rings. The molecule has 0 radical (unpaired) electrons. The molecule has 1 aromatic carbocycles. The predicted octanol–water partition coefficient (Wildman–Crippen LogP) is 3.31. The highest BCUT2D eigenvalue weighted by Crippen LogP contribution is 2.35. The van der Waals surface area contributed by atoms with Crippen molar-refractivity contribution < 1.29 is 47.6 Å². The van der Waals surface area contributed by atoms with E-state index in [1.54, 1.807) is 0 Å². The zero-order chi connectivity index (χ0) is 27.7. The Morgan fingerprint density at radius 1 is 0.892 bits per heavy atom. The van der Waals surface area contributed by atoms with Crippen LogP contribution in [0.5, 0.6) is 5.75 Å². The molecule has 1 saturated heterocycles. The molecule has 5 atom stereocenters. The maximum Gasteiger partial charge on any atom is 0.303 e. The normalized spacial score (nSPS) is 23.2. The summed E-state index contributed by atoms with van der Waals surface area (Å²) in [6.45, 7) is 11.0. The van der Waals surface area contributed by atoms with Gasteiger partial charge in [0.25, 0.3) is 0 Å². The molecule has 0 unspecified atom stereocenters. The molecule has 0 amide bonds. The number of rotatable bonds is 11. The summed E-state index contributed by atoms with van der Waals surface area (Å²) in [7, 11) is 0. The molecule has 0 spiro atoms. The third kappa shape index (κ3) is 9.55. The number of hydrogen-bond donors (Lipinski definition) is 0. The van der Waals surface area contributed by atoms with E-state index < -0.39 is 53.7 Å². The molecule has 1 aliphatic rings. The quantitative estimate of drug-likeness (QED) is 0.233. The fourth-order valence-corrected chi connectivity index (χ4v) is 4.92. The number of ether oxygens (including phenoxy) is 6. The fourth-order valence-electron chi connectivity index (χ4n) is 3.88. The second-order valence-electron chi connectivity index (χ2n) is 8.98. The molecule has 0 saturated carbocycles. The number of hydrogen-bond acceptors (Lipinski definition) is 11. The van der Waals surface area contributed by atoms with Crippen LogP contribution in [0.3, 0.4) is 0 Å². The summed E-state index contributed by atoms with van der Waals surface area (Å²) in [5.74, 6) is -1.03. The van der Waals surface area contributed by atoms with Crippen LogP contribution in [0, 0.1) is 6.92 Å². The number of carbonyl (C=O) groups is 4. The van der Waals surface area contributed by atoms with E-state index >= 15 is 0 Å². The van der Waals surface area contributed by atoms with Gasteiger partial charge in [0.15, 0.2) is 18.3 Å². The van der Waals surface area contributed by atoms with Crippen molar-refractivity contribution in [3.63, 3.8) is 0 Å². The first-order valence-electron chi connectivity index (χ1n) is 12.0. The number of aryl methyl sites for hydroxylation is 1. The van der Waals surface area contributed by atoms with Crippen molar-refractivity contribution in [3.05, 3.63) is 29.3 Å². The molecule has 11 heteroatoms. The van der Waals surface area contributed by atoms with E-state index in [9.17, 15) is 19.2 Å². The lowest BCUT2D eigenvalue weighted by Crippen LogP contribution is -2.61. The number of carbonyl (C=O) groups excluding carboxylic acids is 4. The first kappa shape index (κ1) is 30.4. The third-order valence-corrected chi connectivity index (χ3v) is 6.47. The lowest BCUT2D eigenvalue weighted by atomic mass is 9.99. The van der Waals surface area contributed by atoms with Crippen LogP contribution in [0.15, 0.2) is 18.2 Å². The summed E-state index contributed by atoms with van der Waals surface area (Å²) in [5, 5.41) is 0. The highest BCUT2D eigenvalue weighted by Gasteiger charge is 2.52. The van der Waals surface area contributed by atoms with Gasteiger partial charge in [0, 0.05) is 33.4 Å². The van der Waals surface area contributed by atoms with E-state index in [0.717, 1.165) is 16.9 Å². The summed E-state index contributed by atoms with van der Waals surface area (Å²) in [6, 6.07) is 6.06. The topological polar surface area (TPSA) is 124 Å². The Morgan fingerprint density at radius 2 is 1.49 bits per heavy atom. The van der Waals surface area contributed by atoms with Gasteiger partial charge in [0.1, 0.15) is 23.9 Å². The van der Waals surface area contributed by atoms with Gasteiger partial charge in [-0.3, -0.25) is 19.2 Å². The summed E-state index contributed by atoms with van der Waals surface area (Å²) in [6.07, 6.45) is -4.40. The van der Waals surface area contributed by atoms with Crippen molar-refractivity contribution in [2.24, 2.45) is 0 Å². The molecule has 206 valence electrons. The second kappa shape index (κ2) is 14.2. The summed E-state index contributed by atoms with van der Waals surface area (Å²) in [4.78, 5) is 47.1. The van der Waals surface area contributed by atoms with Gasteiger partial charge in [0.2, 0.25) is 0 Å². The van der Waals surface area contributed by atoms with E-state index in [2.05, 4.69) is 13.8 Å². The highest BCUT2D eigenvalue weighted by atomic mass is 32.2. The Hall–Kier alpha value is -2.79. The minimum Gasteiger partial charge on any atom is -0.492 e. The first-order chi connectivity index (χ1) is 17.4. The molecule has 0 bridgehead atoms. The molecule has 0 aliphatic carbocycles. The largest absolute Gasteiger partial charge is 0.492 e. The van der Waals surface area contributed by atoms with Crippen molar-refractivity contribution in [1.29, 1.82) is 0 Å². The van der Waals surface area contributed by atoms with Crippen LogP contribution in [0.25, 0.3) is 0 Å². The van der Waals surface area contributed by atoms with Crippen LogP contribution in [0.1, 0.15) is 58.6 Å². The van der Waals surface area contributed by atoms with Crippen molar-refractivity contribution in [2.45, 2.75) is 84.2 Å². The van der Waals surface area contributed by atoms with Gasteiger partial charge in [-0.05, 0) is 30.0 Å². The van der Waals surface area contributed by atoms with Crippen LogP contribution in [0.4, 0.5) is 0 Å². The second-order valence-corrected chi connectivity index (χ2v) is 10.2. The predicted molar refractivity (Wildman–Crippen MR) is 135 cm³/mol. The van der Waals surface area contributed by atoms with E-state index in [4.69, 9.17) is 28.4 Å². The fraction of sp³-hybridized carbons (Fsp3) is 0.615. The van der Waals surface area contributed by atoms with Gasteiger partial charge in [-0.2, -0.15) is 0 Å². The first-order valence-corrected chi connectivity index (χ1v) is 13.1. The van der Waals surface area contributed by atoms with Crippen molar-refractivity contribution in [2.75, 3.05) is 19.0 Å². The van der Waals surface area contributed by atoms with Gasteiger partial charge in [-0.15, -0.1) is 11.8 Å². The molecular formula is C26H36O10S. The van der Waals surface area contributed by atoms with Crippen molar-refractivity contribution in [1.82, 2.24) is 0 Å². The lowest BCUT2D eigenvalue weighted by Gasteiger charge is -2.44. The smallest absolute Gasteiger partial charge is 0.303 e. The van der Waals surface area contributed by atoms with Crippen molar-refractivity contribution >= 4 is 35.6 Å². The van der Waals surface area contributed by atoms with Gasteiger partial charge < -0.3 is 28.4 Å². The molecular weight excluding hydrogens is 504 g/mol. The van der Waals surface area contributed by atoms with Gasteiger partial charge in [-0.25, -0.2) is 0 Å². The maximum absolute atomic E-state index is 11.9. The van der Waals surface area contributed by atoms with E-state index in [1.807, 2.05) is 25.1 Å². The average Bonchev–Trinajstić information content (AvgIpc) is 2.77. The van der Waals surface area contributed by atoms with Crippen LogP contribution < -0.4 is 4.74 Å². The van der Waals surface area contributed by atoms with Crippen molar-refractivity contribution in [3.8, 4) is 5.75 Å². The Labute approximate surface area is 221 Å². The monoisotopic (exact) mass is 540 g/mol. The van der Waals surface area contributed by atoms with Crippen LogP contribution >= 0.6 is 11.8 Å². The summed E-state index contributed by atoms with van der Waals surface area (Å²) >= 11 is 1.28. The van der Waals surface area contributed by atoms with Crippen LogP contribution in [0.2, 0.25) is 0 Å². The standard InChI is InChI=1S/C26H36O10S/c1-14(2)20-9-8-15(3)12-21(20)31-10-11-37-26-25(35-19(7)30)24(34-18(6)29)23(33-17(5)28)22(36-26)13-32-16(4)27/h8-9,12,14,22-26H,10-11,13H2,1-7H3/t22-,23+,24+,25+,26+/m0/s1. The molecule has 0 aromatic heterocycles. The Kier molecular flexibility index (Phi) is 11.7. The zero-order valence-electron chi connectivity index (χ0n) is 22.3. The molecule has 2 rings (SSSR count). The number of benzene rings is 1. The molecule has 37 heavy (non-hydrogen) atoms. The molecule has 1 heterocycles. The number of thioether (sulfide) groups is 1. The van der Waals surface area contributed by atoms with E-state index in [1.165, 1.54) is 39.5 Å². The zero-order valence-corrected chi connectivity index (χ0v) is 23.1. The molecule has 1 aromatic rings. The Bertz CT molecular complexity index is 963. The molecule has 10 nitrogen and oxygen atoms in total. The highest BCUT2D eigenvalue weighted by molar-refractivity contribution is 7.99. The van der Waals surface area contributed by atoms with Gasteiger partial charge >= 0.3 is 23.9 Å². The van der Waals surface area contributed by atoms with Crippen LogP contribution in [-0.2, 0) is 42.9 Å². The van der Waals surface area contributed by atoms with Crippen LogP contribution in [-0.4, -0.2) is 72.7 Å². The summed E-state index contributed by atoms with van der Waals surface area (Å²) < 4.78 is 33.6. The van der Waals surface area contributed by atoms with Gasteiger partial charge in [-0.1, -0.05) is 26.0 Å². The Balaban J connectivity index is 2.24. The average molecular weight is 541 g/mol. The van der Waals surface area contributed by atoms with Gasteiger partial charge in [0.05, 0.1) is 6.61 Å². The summed E-state index contributed by atoms with van der Waals surface area (Å²) in [5.41, 5.74) is 1.33. The third-order valence-electron chi connectivity index (χ3n) is 5.36. The molecule has 0 N–H and O–H groups in total. The van der Waals surface area contributed by atoms with E-state index in [0.29, 0.717) is 12.4 Å². The Morgan fingerprint density at radius 3 is 2.05 bits per heavy atom. The minimum absolute atomic E-state index is 0.258. The number of esters is 4.